The van der Waals surface area contributed by atoms with Crippen LogP contribution in [-0.2, 0) is 9.53 Å². The number of methoxy groups -OCH3 is 1. The van der Waals surface area contributed by atoms with Crippen LogP contribution in [0.3, 0.4) is 0 Å². The van der Waals surface area contributed by atoms with Crippen molar-refractivity contribution in [3.8, 4) is 11.1 Å². The number of ether oxygens (including phenoxy) is 1. The van der Waals surface area contributed by atoms with Gasteiger partial charge in [0.1, 0.15) is 5.82 Å². The van der Waals surface area contributed by atoms with Crippen LogP contribution in [-0.4, -0.2) is 49.6 Å². The maximum absolute atomic E-state index is 13.1. The molecule has 0 aromatic heterocycles. The van der Waals surface area contributed by atoms with Crippen molar-refractivity contribution in [2.24, 2.45) is 0 Å². The Hall–Kier alpha value is -2.73. The van der Waals surface area contributed by atoms with E-state index in [2.05, 4.69) is 5.32 Å². The summed E-state index contributed by atoms with van der Waals surface area (Å²) >= 11 is 0. The van der Waals surface area contributed by atoms with Gasteiger partial charge in [0.05, 0.1) is 12.6 Å². The lowest BCUT2D eigenvalue weighted by Gasteiger charge is -2.16. The first-order valence-electron chi connectivity index (χ1n) is 8.50. The smallest absolute Gasteiger partial charge is 0.251 e. The first-order chi connectivity index (χ1) is 12.6. The Morgan fingerprint density at radius 1 is 1.23 bits per heavy atom. The van der Waals surface area contributed by atoms with Gasteiger partial charge < -0.3 is 15.0 Å². The normalized spacial score (nSPS) is 16.8. The maximum atomic E-state index is 13.1. The first-order valence-corrected chi connectivity index (χ1v) is 8.50. The third-order valence-electron chi connectivity index (χ3n) is 4.42. The van der Waals surface area contributed by atoms with Gasteiger partial charge in [-0.05, 0) is 35.4 Å². The van der Waals surface area contributed by atoms with Crippen molar-refractivity contribution in [1.82, 2.24) is 10.2 Å². The molecule has 0 radical (unpaired) electrons. The van der Waals surface area contributed by atoms with Crippen LogP contribution in [0.2, 0.25) is 0 Å². The minimum atomic E-state index is -0.299. The Morgan fingerprint density at radius 3 is 2.73 bits per heavy atom. The highest BCUT2D eigenvalue weighted by Crippen LogP contribution is 2.21. The zero-order valence-corrected chi connectivity index (χ0v) is 14.6. The van der Waals surface area contributed by atoms with Gasteiger partial charge in [-0.1, -0.05) is 24.3 Å². The molecule has 1 heterocycles. The number of carbonyl (C=O) groups excluding carboxylic acids is 2. The summed E-state index contributed by atoms with van der Waals surface area (Å²) in [6.45, 7) is 1.50. The van der Waals surface area contributed by atoms with E-state index in [9.17, 15) is 14.0 Å². The second-order valence-electron chi connectivity index (χ2n) is 6.29. The Bertz CT molecular complexity index is 792. The predicted molar refractivity (Wildman–Crippen MR) is 96.2 cm³/mol. The topological polar surface area (TPSA) is 58.6 Å². The highest BCUT2D eigenvalue weighted by molar-refractivity contribution is 5.96. The van der Waals surface area contributed by atoms with Gasteiger partial charge in [0.2, 0.25) is 5.91 Å². The van der Waals surface area contributed by atoms with Crippen molar-refractivity contribution in [3.63, 3.8) is 0 Å². The van der Waals surface area contributed by atoms with Gasteiger partial charge in [0, 0.05) is 32.2 Å². The van der Waals surface area contributed by atoms with Crippen LogP contribution in [0.25, 0.3) is 11.1 Å². The van der Waals surface area contributed by atoms with Crippen LogP contribution < -0.4 is 5.32 Å². The fourth-order valence-corrected chi connectivity index (χ4v) is 3.04. The van der Waals surface area contributed by atoms with Crippen LogP contribution >= 0.6 is 0 Å². The lowest BCUT2D eigenvalue weighted by Crippen LogP contribution is -2.37. The number of nitrogens with zero attached hydrogens (tertiary/aromatic N) is 1. The number of nitrogens with one attached hydrogen (secondary N) is 1. The second-order valence-corrected chi connectivity index (χ2v) is 6.29. The molecule has 136 valence electrons. The molecule has 1 N–H and O–H groups in total. The van der Waals surface area contributed by atoms with Crippen LogP contribution in [0.1, 0.15) is 16.8 Å². The Morgan fingerprint density at radius 2 is 2.00 bits per heavy atom. The van der Waals surface area contributed by atoms with Crippen molar-refractivity contribution in [1.29, 1.82) is 0 Å². The molecule has 2 aromatic rings. The molecule has 0 unspecified atom stereocenters. The molecule has 1 saturated heterocycles. The summed E-state index contributed by atoms with van der Waals surface area (Å²) in [4.78, 5) is 26.2. The lowest BCUT2D eigenvalue weighted by atomic mass is 10.0. The molecule has 0 bridgehead atoms. The van der Waals surface area contributed by atoms with Gasteiger partial charge >= 0.3 is 0 Å². The monoisotopic (exact) mass is 356 g/mol. The van der Waals surface area contributed by atoms with Crippen molar-refractivity contribution in [2.45, 2.75) is 12.5 Å². The van der Waals surface area contributed by atoms with E-state index >= 15 is 0 Å². The summed E-state index contributed by atoms with van der Waals surface area (Å²) in [6.07, 6.45) is 0.299. The van der Waals surface area contributed by atoms with E-state index in [-0.39, 0.29) is 23.7 Å². The van der Waals surface area contributed by atoms with Gasteiger partial charge in [0.15, 0.2) is 0 Å². The Kier molecular flexibility index (Phi) is 5.63. The fraction of sp³-hybridized carbons (Fsp3) is 0.300. The molecule has 26 heavy (non-hydrogen) atoms. The SMILES string of the molecule is COCCN1C[C@H](NC(=O)c2cccc(-c3ccc(F)cc3)c2)CC1=O. The molecule has 1 aliphatic rings. The van der Waals surface area contributed by atoms with Crippen molar-refractivity contribution in [2.75, 3.05) is 26.8 Å². The van der Waals surface area contributed by atoms with E-state index in [0.717, 1.165) is 11.1 Å². The zero-order chi connectivity index (χ0) is 18.5. The first kappa shape index (κ1) is 18.1. The van der Waals surface area contributed by atoms with Crippen LogP contribution in [0, 0.1) is 5.82 Å². The largest absolute Gasteiger partial charge is 0.383 e. The van der Waals surface area contributed by atoms with Gasteiger partial charge in [-0.3, -0.25) is 9.59 Å². The number of benzene rings is 2. The molecule has 2 amide bonds. The standard InChI is InChI=1S/C20H21FN2O3/c1-26-10-9-23-13-18(12-19(23)24)22-20(25)16-4-2-3-15(11-16)14-5-7-17(21)8-6-14/h2-8,11,18H,9-10,12-13H2,1H3,(H,22,25)/t18-/m1/s1. The molecular formula is C20H21FN2O3. The number of halogens is 1. The van der Waals surface area contributed by atoms with Crippen LogP contribution in [0.4, 0.5) is 4.39 Å². The highest BCUT2D eigenvalue weighted by Gasteiger charge is 2.30. The number of amides is 2. The number of hydrogen-bond acceptors (Lipinski definition) is 3. The zero-order valence-electron chi connectivity index (χ0n) is 14.6. The minimum Gasteiger partial charge on any atom is -0.383 e. The summed E-state index contributed by atoms with van der Waals surface area (Å²) in [7, 11) is 1.59. The van der Waals surface area contributed by atoms with E-state index in [1.165, 1.54) is 12.1 Å². The number of carbonyl (C=O) groups is 2. The van der Waals surface area contributed by atoms with Crippen LogP contribution in [0.15, 0.2) is 48.5 Å². The number of hydrogen-bond donors (Lipinski definition) is 1. The summed E-state index contributed by atoms with van der Waals surface area (Å²) in [6, 6.07) is 13.1. The summed E-state index contributed by atoms with van der Waals surface area (Å²) in [5.41, 5.74) is 2.18. The van der Waals surface area contributed by atoms with Gasteiger partial charge in [0.25, 0.3) is 5.91 Å². The van der Waals surface area contributed by atoms with Crippen molar-refractivity contribution >= 4 is 11.8 Å². The van der Waals surface area contributed by atoms with E-state index in [1.807, 2.05) is 6.07 Å². The molecular weight excluding hydrogens is 335 g/mol. The fourth-order valence-electron chi connectivity index (χ4n) is 3.04. The van der Waals surface area contributed by atoms with Crippen molar-refractivity contribution in [3.05, 3.63) is 59.9 Å². The molecule has 0 spiro atoms. The van der Waals surface area contributed by atoms with E-state index in [4.69, 9.17) is 4.74 Å². The summed E-state index contributed by atoms with van der Waals surface area (Å²) in [5, 5.41) is 2.92. The Labute approximate surface area is 151 Å². The highest BCUT2D eigenvalue weighted by atomic mass is 19.1. The quantitative estimate of drug-likeness (QED) is 0.865. The average molecular weight is 356 g/mol. The van der Waals surface area contributed by atoms with Crippen LogP contribution in [0.5, 0.6) is 0 Å². The Balaban J connectivity index is 1.66. The molecule has 0 aliphatic carbocycles. The predicted octanol–water partition coefficient (Wildman–Crippen LogP) is 2.47. The second kappa shape index (κ2) is 8.10. The van der Waals surface area contributed by atoms with Gasteiger partial charge in [-0.25, -0.2) is 4.39 Å². The summed E-state index contributed by atoms with van der Waals surface area (Å²) in [5.74, 6) is -0.501. The number of likely N-dealkylation sites (tertiary alicyclic amines) is 1. The molecule has 1 atom stereocenters. The maximum Gasteiger partial charge on any atom is 0.251 e. The molecule has 2 aromatic carbocycles. The number of rotatable bonds is 6. The third-order valence-corrected chi connectivity index (χ3v) is 4.42. The molecule has 6 heteroatoms. The van der Waals surface area contributed by atoms with Gasteiger partial charge in [-0.2, -0.15) is 0 Å². The van der Waals surface area contributed by atoms with E-state index < -0.39 is 0 Å². The molecule has 1 fully saturated rings. The van der Waals surface area contributed by atoms with E-state index in [1.54, 1.807) is 42.3 Å². The summed E-state index contributed by atoms with van der Waals surface area (Å²) < 4.78 is 18.1. The van der Waals surface area contributed by atoms with E-state index in [0.29, 0.717) is 31.7 Å². The third kappa shape index (κ3) is 4.26. The molecule has 0 saturated carbocycles. The minimum absolute atomic E-state index is 0.0208. The van der Waals surface area contributed by atoms with Gasteiger partial charge in [-0.15, -0.1) is 0 Å². The average Bonchev–Trinajstić information content (AvgIpc) is 2.99. The molecule has 1 aliphatic heterocycles. The molecule has 3 rings (SSSR count). The molecule has 5 nitrogen and oxygen atoms in total. The lowest BCUT2D eigenvalue weighted by molar-refractivity contribution is -0.128. The van der Waals surface area contributed by atoms with Crippen molar-refractivity contribution < 1.29 is 18.7 Å².